The van der Waals surface area contributed by atoms with Crippen LogP contribution in [0, 0.1) is 0 Å². The molecule has 47 heavy (non-hydrogen) atoms. The van der Waals surface area contributed by atoms with Gasteiger partial charge in [0.2, 0.25) is 5.95 Å². The van der Waals surface area contributed by atoms with E-state index >= 15 is 0 Å². The van der Waals surface area contributed by atoms with Gasteiger partial charge in [-0.25, -0.2) is 19.6 Å². The number of carbonyl (C=O) groups excluding carboxylic acids is 1. The monoisotopic (exact) mass is 664 g/mol. The summed E-state index contributed by atoms with van der Waals surface area (Å²) in [6.45, 7) is 1.94. The van der Waals surface area contributed by atoms with E-state index in [1.807, 2.05) is 6.92 Å². The van der Waals surface area contributed by atoms with Gasteiger partial charge in [0.1, 0.15) is 5.75 Å². The van der Waals surface area contributed by atoms with Crippen LogP contribution in [0.4, 0.5) is 37.1 Å². The van der Waals surface area contributed by atoms with Crippen LogP contribution in [0.3, 0.4) is 0 Å². The number of alkyl halides is 6. The second-order valence-corrected chi connectivity index (χ2v) is 11.4. The summed E-state index contributed by atoms with van der Waals surface area (Å²) >= 11 is 0. The number of anilines is 1. The summed E-state index contributed by atoms with van der Waals surface area (Å²) in [7, 11) is 1.79. The molecule has 1 unspecified atom stereocenters. The third-order valence-electron chi connectivity index (χ3n) is 8.07. The second kappa shape index (κ2) is 13.1. The lowest BCUT2D eigenvalue weighted by molar-refractivity contribution is -0.143. The predicted octanol–water partition coefficient (Wildman–Crippen LogP) is 6.29. The predicted molar refractivity (Wildman–Crippen MR) is 157 cm³/mol. The van der Waals surface area contributed by atoms with Crippen LogP contribution in [0.2, 0.25) is 0 Å². The summed E-state index contributed by atoms with van der Waals surface area (Å²) < 4.78 is 87.6. The number of likely N-dealkylation sites (N-methyl/N-ethyl adjacent to an activating group) is 1. The topological polar surface area (TPSA) is 111 Å². The number of halogens is 6. The molecule has 2 aliphatic heterocycles. The van der Waals surface area contributed by atoms with Crippen LogP contribution < -0.4 is 9.64 Å². The molecular weight excluding hydrogens is 634 g/mol. The van der Waals surface area contributed by atoms with Gasteiger partial charge in [-0.3, -0.25) is 5.01 Å². The Kier molecular flexibility index (Phi) is 9.32. The molecule has 16 heteroatoms. The van der Waals surface area contributed by atoms with Crippen molar-refractivity contribution in [2.24, 2.45) is 5.10 Å². The SMILES string of the molecule is CC[C@@H]1C[C@H](N(Cc2cc(C(F)(F)F)cc(C(F)(F)F)c2)c2ncc(C3C=NN(C)C3)cn2)CN1C(=O)Oc1cccc(C(=O)O)c1. The maximum absolute atomic E-state index is 13.7. The maximum atomic E-state index is 13.7. The summed E-state index contributed by atoms with van der Waals surface area (Å²) in [6, 6.07) is 5.69. The van der Waals surface area contributed by atoms with Gasteiger partial charge in [-0.1, -0.05) is 13.0 Å². The van der Waals surface area contributed by atoms with Gasteiger partial charge >= 0.3 is 24.4 Å². The van der Waals surface area contributed by atoms with Gasteiger partial charge < -0.3 is 19.6 Å². The summed E-state index contributed by atoms with van der Waals surface area (Å²) in [4.78, 5) is 36.4. The Labute approximate surface area is 265 Å². The highest BCUT2D eigenvalue weighted by Crippen LogP contribution is 2.37. The number of benzene rings is 2. The molecule has 0 radical (unpaired) electrons. The first-order chi connectivity index (χ1) is 22.1. The van der Waals surface area contributed by atoms with E-state index in [9.17, 15) is 41.0 Å². The Morgan fingerprint density at radius 1 is 1.00 bits per heavy atom. The van der Waals surface area contributed by atoms with E-state index in [4.69, 9.17) is 4.74 Å². The Morgan fingerprint density at radius 3 is 2.21 bits per heavy atom. The number of rotatable bonds is 8. The molecule has 3 heterocycles. The highest BCUT2D eigenvalue weighted by Gasteiger charge is 2.41. The third kappa shape index (κ3) is 7.74. The second-order valence-electron chi connectivity index (χ2n) is 11.4. The number of carboxylic acid groups (broad SMARTS) is 1. The smallest absolute Gasteiger partial charge is 0.416 e. The van der Waals surface area contributed by atoms with E-state index in [0.29, 0.717) is 30.7 Å². The molecule has 3 atom stereocenters. The molecule has 2 aromatic carbocycles. The fourth-order valence-corrected chi connectivity index (χ4v) is 5.69. The minimum atomic E-state index is -5.03. The molecule has 250 valence electrons. The Balaban J connectivity index is 1.47. The quantitative estimate of drug-likeness (QED) is 0.280. The van der Waals surface area contributed by atoms with Crippen LogP contribution in [0.25, 0.3) is 0 Å². The normalized spacial score (nSPS) is 19.7. The molecule has 1 saturated heterocycles. The van der Waals surface area contributed by atoms with Gasteiger partial charge in [0, 0.05) is 57.2 Å². The number of hydrogen-bond donors (Lipinski definition) is 1. The third-order valence-corrected chi connectivity index (χ3v) is 8.07. The molecular formula is C31H30F6N6O4. The van der Waals surface area contributed by atoms with E-state index in [-0.39, 0.29) is 47.8 Å². The van der Waals surface area contributed by atoms with Crippen molar-refractivity contribution in [3.8, 4) is 5.75 Å². The Morgan fingerprint density at radius 2 is 1.66 bits per heavy atom. The number of hydrogen-bond acceptors (Lipinski definition) is 8. The van der Waals surface area contributed by atoms with Gasteiger partial charge in [-0.05, 0) is 60.4 Å². The Hall–Kier alpha value is -4.89. The van der Waals surface area contributed by atoms with Gasteiger partial charge in [0.25, 0.3) is 0 Å². The van der Waals surface area contributed by atoms with Gasteiger partial charge in [-0.2, -0.15) is 31.4 Å². The standard InChI is InChI=1S/C31H30F6N6O4/c1-3-24-11-25(17-43(24)29(46)47-26-6-4-5-19(9-26)27(44)45)42(28-38-12-20(13-39-28)21-14-40-41(2)16-21)15-18-7-22(30(32,33)34)10-23(8-18)31(35,36)37/h4-10,12-14,21,24-25H,3,11,15-17H2,1-2H3,(H,44,45)/t21?,24-,25+/m1/s1. The fourth-order valence-electron chi connectivity index (χ4n) is 5.69. The van der Waals surface area contributed by atoms with Gasteiger partial charge in [-0.15, -0.1) is 0 Å². The summed E-state index contributed by atoms with van der Waals surface area (Å²) in [5, 5.41) is 15.2. The molecule has 0 saturated carbocycles. The van der Waals surface area contributed by atoms with Crippen LogP contribution in [-0.4, -0.2) is 75.5 Å². The zero-order valence-corrected chi connectivity index (χ0v) is 25.2. The lowest BCUT2D eigenvalue weighted by Gasteiger charge is -2.30. The van der Waals surface area contributed by atoms with Crippen molar-refractivity contribution in [3.63, 3.8) is 0 Å². The molecule has 0 spiro atoms. The summed E-state index contributed by atoms with van der Waals surface area (Å²) in [5.74, 6) is -1.28. The molecule has 5 rings (SSSR count). The van der Waals surface area contributed by atoms with E-state index in [1.165, 1.54) is 46.5 Å². The number of carboxylic acids is 1. The summed E-state index contributed by atoms with van der Waals surface area (Å²) in [5.41, 5.74) is -2.55. The number of aromatic nitrogens is 2. The number of carbonyl (C=O) groups is 2. The fraction of sp³-hybridized carbons (Fsp3) is 0.387. The largest absolute Gasteiger partial charge is 0.478 e. The van der Waals surface area contributed by atoms with Crippen LogP contribution in [0.1, 0.15) is 58.3 Å². The number of nitrogens with zero attached hydrogens (tertiary/aromatic N) is 6. The molecule has 0 bridgehead atoms. The molecule has 1 amide bonds. The first-order valence-electron chi connectivity index (χ1n) is 14.6. The van der Waals surface area contributed by atoms with Crippen molar-refractivity contribution in [3.05, 3.63) is 82.7 Å². The number of ether oxygens (including phenoxy) is 1. The molecule has 10 nitrogen and oxygen atoms in total. The van der Waals surface area contributed by atoms with E-state index in [0.717, 1.165) is 0 Å². The first-order valence-corrected chi connectivity index (χ1v) is 14.6. The average Bonchev–Trinajstić information content (AvgIpc) is 3.65. The van der Waals surface area contributed by atoms with Crippen LogP contribution in [0.5, 0.6) is 5.75 Å². The average molecular weight is 665 g/mol. The summed E-state index contributed by atoms with van der Waals surface area (Å²) in [6.07, 6.45) is -5.35. The van der Waals surface area contributed by atoms with Crippen molar-refractivity contribution in [1.29, 1.82) is 0 Å². The van der Waals surface area contributed by atoms with Crippen molar-refractivity contribution < 1.29 is 45.8 Å². The number of likely N-dealkylation sites (tertiary alicyclic amines) is 1. The van der Waals surface area contributed by atoms with Crippen LogP contribution in [0.15, 0.2) is 60.0 Å². The van der Waals surface area contributed by atoms with E-state index < -0.39 is 54.2 Å². The number of hydrazone groups is 1. The van der Waals surface area contributed by atoms with Crippen LogP contribution in [-0.2, 0) is 18.9 Å². The minimum Gasteiger partial charge on any atom is -0.478 e. The number of aromatic carboxylic acids is 1. The van der Waals surface area contributed by atoms with E-state index in [2.05, 4.69) is 15.1 Å². The molecule has 1 aromatic heterocycles. The van der Waals surface area contributed by atoms with Crippen molar-refractivity contribution in [2.45, 2.75) is 56.7 Å². The highest BCUT2D eigenvalue weighted by molar-refractivity contribution is 5.88. The minimum absolute atomic E-state index is 0.00581. The van der Waals surface area contributed by atoms with E-state index in [1.54, 1.807) is 18.3 Å². The molecule has 1 fully saturated rings. The lowest BCUT2D eigenvalue weighted by atomic mass is 10.0. The zero-order chi connectivity index (χ0) is 34.1. The highest BCUT2D eigenvalue weighted by atomic mass is 19.4. The van der Waals surface area contributed by atoms with Crippen molar-refractivity contribution in [2.75, 3.05) is 25.0 Å². The molecule has 2 aliphatic rings. The molecule has 3 aromatic rings. The lowest BCUT2D eigenvalue weighted by Crippen LogP contribution is -2.41. The van der Waals surface area contributed by atoms with Crippen molar-refractivity contribution >= 4 is 24.2 Å². The van der Waals surface area contributed by atoms with Crippen molar-refractivity contribution in [1.82, 2.24) is 19.9 Å². The molecule has 0 aliphatic carbocycles. The first kappa shape index (κ1) is 33.5. The number of amides is 1. The Bertz CT molecular complexity index is 1620. The van der Waals surface area contributed by atoms with Gasteiger partial charge in [0.15, 0.2) is 0 Å². The zero-order valence-electron chi connectivity index (χ0n) is 25.2. The van der Waals surface area contributed by atoms with Crippen LogP contribution >= 0.6 is 0 Å². The molecule has 1 N–H and O–H groups in total. The van der Waals surface area contributed by atoms with Gasteiger partial charge in [0.05, 0.1) is 22.7 Å². The maximum Gasteiger partial charge on any atom is 0.416 e.